The molecule has 12 aromatic rings. The van der Waals surface area contributed by atoms with E-state index in [1.807, 2.05) is 12.1 Å². The summed E-state index contributed by atoms with van der Waals surface area (Å²) in [6, 6.07) is 63.0. The Balaban J connectivity index is 1.21. The van der Waals surface area contributed by atoms with Crippen LogP contribution >= 0.6 is 0 Å². The van der Waals surface area contributed by atoms with Crippen LogP contribution in [0.25, 0.3) is 115 Å². The summed E-state index contributed by atoms with van der Waals surface area (Å²) in [5.74, 6) is 0. The van der Waals surface area contributed by atoms with Gasteiger partial charge in [0.05, 0.1) is 16.6 Å². The Kier molecular flexibility index (Phi) is 5.77. The SMILES string of the molecule is c1cc(-c2c3ccccc3c(-c3c4oc5ccccc5c4cc4c3oc3ccccc34)c3ccccc23)cc(-n2c3ccccc3c3ccccc32)c1. The fraction of sp³-hybridized carbons (Fsp3) is 0. The second kappa shape index (κ2) is 10.7. The van der Waals surface area contributed by atoms with Gasteiger partial charge in [0.15, 0.2) is 0 Å². The van der Waals surface area contributed by atoms with Gasteiger partial charge in [0.1, 0.15) is 22.3 Å². The zero-order chi connectivity index (χ0) is 34.6. The van der Waals surface area contributed by atoms with E-state index < -0.39 is 0 Å². The normalized spacial score (nSPS) is 12.2. The molecule has 12 rings (SSSR count). The van der Waals surface area contributed by atoms with Gasteiger partial charge in [-0.05, 0) is 75.1 Å². The number of para-hydroxylation sites is 4. The summed E-state index contributed by atoms with van der Waals surface area (Å²) in [6.07, 6.45) is 0. The molecule has 0 amide bonds. The van der Waals surface area contributed by atoms with Crippen LogP contribution in [0.5, 0.6) is 0 Å². The van der Waals surface area contributed by atoms with E-state index in [-0.39, 0.29) is 0 Å². The first-order valence-corrected chi connectivity index (χ1v) is 18.1. The molecular weight excluding hydrogens is 647 g/mol. The number of benzene rings is 9. The van der Waals surface area contributed by atoms with Crippen LogP contribution in [-0.2, 0) is 0 Å². The standard InChI is InChI=1S/C50H29NO2/c1-3-22-38-36(20-1)46(30-14-13-15-31(28-30)51-42-24-9-5-16-32(42)33-17-6-10-25-43(33)51)37-21-2-4-23-39(37)47(38)48-49-40(34-18-7-11-26-44(34)52-49)29-41-35-19-8-12-27-45(35)53-50(41)48/h1-29H. The number of hydrogen-bond donors (Lipinski definition) is 0. The van der Waals surface area contributed by atoms with Crippen LogP contribution in [0.15, 0.2) is 185 Å². The highest BCUT2D eigenvalue weighted by Gasteiger charge is 2.25. The molecule has 53 heavy (non-hydrogen) atoms. The molecule has 9 aromatic carbocycles. The molecule has 246 valence electrons. The summed E-state index contributed by atoms with van der Waals surface area (Å²) in [4.78, 5) is 0. The molecule has 0 bridgehead atoms. The van der Waals surface area contributed by atoms with Crippen LogP contribution in [0.1, 0.15) is 0 Å². The van der Waals surface area contributed by atoms with E-state index in [1.165, 1.54) is 43.7 Å². The van der Waals surface area contributed by atoms with Crippen LogP contribution < -0.4 is 0 Å². The van der Waals surface area contributed by atoms with Gasteiger partial charge < -0.3 is 13.4 Å². The molecule has 0 unspecified atom stereocenters. The van der Waals surface area contributed by atoms with Gasteiger partial charge in [-0.15, -0.1) is 0 Å². The van der Waals surface area contributed by atoms with E-state index >= 15 is 0 Å². The minimum atomic E-state index is 0.842. The van der Waals surface area contributed by atoms with Crippen LogP contribution in [0.3, 0.4) is 0 Å². The Morgan fingerprint density at radius 1 is 0.302 bits per heavy atom. The van der Waals surface area contributed by atoms with Gasteiger partial charge in [-0.25, -0.2) is 0 Å². The van der Waals surface area contributed by atoms with Crippen LogP contribution in [-0.4, -0.2) is 4.57 Å². The molecule has 0 N–H and O–H groups in total. The van der Waals surface area contributed by atoms with Crippen molar-refractivity contribution in [2.24, 2.45) is 0 Å². The molecule has 0 saturated heterocycles. The summed E-state index contributed by atoms with van der Waals surface area (Å²) in [5, 5.41) is 11.5. The molecular formula is C50H29NO2. The Hall–Kier alpha value is -7.10. The van der Waals surface area contributed by atoms with Crippen molar-refractivity contribution < 1.29 is 8.83 Å². The Morgan fingerprint density at radius 2 is 0.736 bits per heavy atom. The third-order valence-corrected chi connectivity index (χ3v) is 11.2. The number of rotatable bonds is 3. The topological polar surface area (TPSA) is 31.2 Å². The van der Waals surface area contributed by atoms with E-state index in [0.29, 0.717) is 0 Å². The quantitative estimate of drug-likeness (QED) is 0.175. The zero-order valence-electron chi connectivity index (χ0n) is 28.5. The van der Waals surface area contributed by atoms with Gasteiger partial charge >= 0.3 is 0 Å². The number of fused-ring (bicyclic) bond motifs is 11. The van der Waals surface area contributed by atoms with Crippen molar-refractivity contribution >= 4 is 87.2 Å². The minimum absolute atomic E-state index is 0.842. The summed E-state index contributed by atoms with van der Waals surface area (Å²) in [6.45, 7) is 0. The lowest BCUT2D eigenvalue weighted by molar-refractivity contribution is 0.658. The lowest BCUT2D eigenvalue weighted by Crippen LogP contribution is -1.95. The Bertz CT molecular complexity index is 3270. The molecule has 0 fully saturated rings. The third-order valence-electron chi connectivity index (χ3n) is 11.2. The number of hydrogen-bond acceptors (Lipinski definition) is 2. The van der Waals surface area contributed by atoms with E-state index in [4.69, 9.17) is 8.83 Å². The number of nitrogens with zero attached hydrogens (tertiary/aromatic N) is 1. The maximum Gasteiger partial charge on any atom is 0.147 e. The third kappa shape index (κ3) is 3.94. The predicted octanol–water partition coefficient (Wildman–Crippen LogP) is 14.2. The summed E-state index contributed by atoms with van der Waals surface area (Å²) >= 11 is 0. The second-order valence-corrected chi connectivity index (χ2v) is 14.0. The van der Waals surface area contributed by atoms with Gasteiger partial charge in [-0.2, -0.15) is 0 Å². The van der Waals surface area contributed by atoms with Gasteiger partial charge in [0, 0.05) is 43.6 Å². The highest BCUT2D eigenvalue weighted by Crippen LogP contribution is 2.50. The molecule has 0 saturated carbocycles. The van der Waals surface area contributed by atoms with Crippen molar-refractivity contribution in [3.63, 3.8) is 0 Å². The van der Waals surface area contributed by atoms with Crippen molar-refractivity contribution in [3.8, 4) is 27.9 Å². The second-order valence-electron chi connectivity index (χ2n) is 14.0. The molecule has 3 heteroatoms. The van der Waals surface area contributed by atoms with Gasteiger partial charge in [0.25, 0.3) is 0 Å². The molecule has 3 heterocycles. The lowest BCUT2D eigenvalue weighted by atomic mass is 9.85. The average molecular weight is 676 g/mol. The fourth-order valence-corrected chi connectivity index (χ4v) is 8.97. The molecule has 3 aromatic heterocycles. The maximum absolute atomic E-state index is 6.82. The van der Waals surface area contributed by atoms with Crippen molar-refractivity contribution in [1.82, 2.24) is 4.57 Å². The van der Waals surface area contributed by atoms with Crippen molar-refractivity contribution in [2.75, 3.05) is 0 Å². The number of aromatic nitrogens is 1. The van der Waals surface area contributed by atoms with E-state index in [0.717, 1.165) is 71.5 Å². The smallest absolute Gasteiger partial charge is 0.147 e. The zero-order valence-corrected chi connectivity index (χ0v) is 28.5. The molecule has 0 aliphatic rings. The minimum Gasteiger partial charge on any atom is -0.455 e. The van der Waals surface area contributed by atoms with Crippen molar-refractivity contribution in [3.05, 3.63) is 176 Å². The monoisotopic (exact) mass is 675 g/mol. The number of furan rings is 2. The molecule has 3 nitrogen and oxygen atoms in total. The molecule has 0 spiro atoms. The summed E-state index contributed by atoms with van der Waals surface area (Å²) < 4.78 is 16.0. The van der Waals surface area contributed by atoms with Crippen LogP contribution in [0.4, 0.5) is 0 Å². The van der Waals surface area contributed by atoms with Crippen LogP contribution in [0, 0.1) is 0 Å². The first-order chi connectivity index (χ1) is 26.3. The molecule has 0 atom stereocenters. The maximum atomic E-state index is 6.82. The van der Waals surface area contributed by atoms with Gasteiger partial charge in [-0.1, -0.05) is 133 Å². The highest BCUT2D eigenvalue weighted by molar-refractivity contribution is 6.29. The van der Waals surface area contributed by atoms with Gasteiger partial charge in [0.2, 0.25) is 0 Å². The van der Waals surface area contributed by atoms with E-state index in [1.54, 1.807) is 0 Å². The van der Waals surface area contributed by atoms with Gasteiger partial charge in [-0.3, -0.25) is 0 Å². The fourth-order valence-electron chi connectivity index (χ4n) is 8.97. The van der Waals surface area contributed by atoms with Crippen molar-refractivity contribution in [2.45, 2.75) is 0 Å². The summed E-state index contributed by atoms with van der Waals surface area (Å²) in [7, 11) is 0. The Labute approximate surface area is 303 Å². The molecule has 0 radical (unpaired) electrons. The molecule has 0 aliphatic heterocycles. The van der Waals surface area contributed by atoms with Crippen molar-refractivity contribution in [1.29, 1.82) is 0 Å². The first-order valence-electron chi connectivity index (χ1n) is 18.1. The molecule has 0 aliphatic carbocycles. The van der Waals surface area contributed by atoms with E-state index in [2.05, 4.69) is 168 Å². The summed E-state index contributed by atoms with van der Waals surface area (Å²) in [5.41, 5.74) is 11.4. The van der Waals surface area contributed by atoms with Crippen LogP contribution in [0.2, 0.25) is 0 Å². The van der Waals surface area contributed by atoms with E-state index in [9.17, 15) is 0 Å². The highest BCUT2D eigenvalue weighted by atomic mass is 16.3. The first kappa shape index (κ1) is 28.6. The predicted molar refractivity (Wildman–Crippen MR) is 221 cm³/mol. The lowest BCUT2D eigenvalue weighted by Gasteiger charge is -2.19. The Morgan fingerprint density at radius 3 is 1.26 bits per heavy atom. The largest absolute Gasteiger partial charge is 0.455 e. The average Bonchev–Trinajstić information content (AvgIpc) is 3.89.